The first-order valence-electron chi connectivity index (χ1n) is 8.18. The van der Waals surface area contributed by atoms with Gasteiger partial charge in [0.25, 0.3) is 5.69 Å². The smallest absolute Gasteiger partial charge is 0.328 e. The Hall–Kier alpha value is -3.47. The van der Waals surface area contributed by atoms with Gasteiger partial charge in [-0.1, -0.05) is 30.3 Å². The number of nitro groups is 1. The highest BCUT2D eigenvalue weighted by molar-refractivity contribution is 5.85. The molecule has 0 bridgehead atoms. The summed E-state index contributed by atoms with van der Waals surface area (Å²) in [7, 11) is 1.57. The van der Waals surface area contributed by atoms with Crippen molar-refractivity contribution in [2.24, 2.45) is 0 Å². The largest absolute Gasteiger partial charge is 0.465 e. The molecule has 0 N–H and O–H groups in total. The molecule has 1 atom stereocenters. The SMILES string of the molecule is CCOC(=O)C(C#N)c1cc(F)cc(N(C)Cc2ccccc2)c1[N+](=O)[O-]. The molecule has 0 aliphatic carbocycles. The van der Waals surface area contributed by atoms with Gasteiger partial charge in [-0.25, -0.2) is 4.39 Å². The maximum Gasteiger partial charge on any atom is 0.328 e. The Bertz CT molecular complexity index is 881. The molecule has 8 heteroatoms. The van der Waals surface area contributed by atoms with Crippen LogP contribution in [-0.4, -0.2) is 24.5 Å². The van der Waals surface area contributed by atoms with Crippen molar-refractivity contribution >= 4 is 17.3 Å². The van der Waals surface area contributed by atoms with E-state index in [9.17, 15) is 24.6 Å². The number of hydrogen-bond donors (Lipinski definition) is 0. The van der Waals surface area contributed by atoms with E-state index in [0.717, 1.165) is 17.7 Å². The first-order valence-corrected chi connectivity index (χ1v) is 8.18. The van der Waals surface area contributed by atoms with Crippen molar-refractivity contribution in [3.63, 3.8) is 0 Å². The molecule has 140 valence electrons. The van der Waals surface area contributed by atoms with Crippen molar-refractivity contribution in [2.45, 2.75) is 19.4 Å². The number of halogens is 1. The first kappa shape index (κ1) is 19.8. The molecule has 0 amide bonds. The standard InChI is InChI=1S/C19H18FN3O4/c1-3-27-19(24)16(11-21)15-9-14(20)10-17(18(15)23(25)26)22(2)12-13-7-5-4-6-8-13/h4-10,16H,3,12H2,1-2H3. The van der Waals surface area contributed by atoms with Gasteiger partial charge in [-0.2, -0.15) is 5.26 Å². The van der Waals surface area contributed by atoms with E-state index in [2.05, 4.69) is 0 Å². The van der Waals surface area contributed by atoms with Gasteiger partial charge in [-0.3, -0.25) is 14.9 Å². The van der Waals surface area contributed by atoms with Crippen LogP contribution < -0.4 is 4.90 Å². The fourth-order valence-corrected chi connectivity index (χ4v) is 2.73. The molecule has 0 fully saturated rings. The fraction of sp³-hybridized carbons (Fsp3) is 0.263. The molecule has 0 spiro atoms. The van der Waals surface area contributed by atoms with Crippen molar-refractivity contribution in [2.75, 3.05) is 18.6 Å². The molecular formula is C19H18FN3O4. The Labute approximate surface area is 155 Å². The predicted octanol–water partition coefficient (Wildman–Crippen LogP) is 3.54. The van der Waals surface area contributed by atoms with Crippen LogP contribution in [0, 0.1) is 27.3 Å². The molecule has 0 radical (unpaired) electrons. The Morgan fingerprint density at radius 3 is 2.59 bits per heavy atom. The number of ether oxygens (including phenoxy) is 1. The van der Waals surface area contributed by atoms with Gasteiger partial charge in [0, 0.05) is 19.7 Å². The van der Waals surface area contributed by atoms with Crippen LogP contribution in [0.4, 0.5) is 15.8 Å². The Morgan fingerprint density at radius 1 is 1.37 bits per heavy atom. The lowest BCUT2D eigenvalue weighted by atomic mass is 9.97. The van der Waals surface area contributed by atoms with E-state index in [1.165, 1.54) is 4.90 Å². The molecular weight excluding hydrogens is 353 g/mol. The molecule has 27 heavy (non-hydrogen) atoms. The van der Waals surface area contributed by atoms with Crippen LogP contribution in [0.3, 0.4) is 0 Å². The van der Waals surface area contributed by atoms with Crippen LogP contribution in [0.15, 0.2) is 42.5 Å². The first-order chi connectivity index (χ1) is 12.9. The second-order valence-electron chi connectivity index (χ2n) is 5.78. The number of rotatable bonds is 7. The average molecular weight is 371 g/mol. The summed E-state index contributed by atoms with van der Waals surface area (Å²) in [6, 6.07) is 12.7. The second-order valence-corrected chi connectivity index (χ2v) is 5.78. The zero-order valence-corrected chi connectivity index (χ0v) is 14.9. The number of anilines is 1. The Morgan fingerprint density at radius 2 is 2.04 bits per heavy atom. The average Bonchev–Trinajstić information content (AvgIpc) is 2.62. The van der Waals surface area contributed by atoms with Crippen molar-refractivity contribution in [3.05, 3.63) is 69.5 Å². The number of carbonyl (C=O) groups is 1. The summed E-state index contributed by atoms with van der Waals surface area (Å²) in [4.78, 5) is 24.5. The maximum absolute atomic E-state index is 14.2. The van der Waals surface area contributed by atoms with Crippen molar-refractivity contribution in [3.8, 4) is 6.07 Å². The quantitative estimate of drug-likeness (QED) is 0.420. The third kappa shape index (κ3) is 4.58. The van der Waals surface area contributed by atoms with Crippen molar-refractivity contribution in [1.29, 1.82) is 5.26 Å². The van der Waals surface area contributed by atoms with Crippen LogP contribution in [0.1, 0.15) is 24.0 Å². The number of hydrogen-bond acceptors (Lipinski definition) is 6. The summed E-state index contributed by atoms with van der Waals surface area (Å²) in [5.41, 5.74) is 0.0241. The normalized spacial score (nSPS) is 11.3. The molecule has 0 saturated carbocycles. The van der Waals surface area contributed by atoms with Gasteiger partial charge in [0.1, 0.15) is 11.5 Å². The van der Waals surface area contributed by atoms with Gasteiger partial charge in [-0.15, -0.1) is 0 Å². The van der Waals surface area contributed by atoms with Gasteiger partial charge >= 0.3 is 5.97 Å². The summed E-state index contributed by atoms with van der Waals surface area (Å²) in [5.74, 6) is -3.33. The minimum absolute atomic E-state index is 0.000887. The van der Waals surface area contributed by atoms with E-state index in [1.54, 1.807) is 20.0 Å². The molecule has 0 aliphatic heterocycles. The lowest BCUT2D eigenvalue weighted by Gasteiger charge is -2.21. The molecule has 1 unspecified atom stereocenters. The number of carbonyl (C=O) groups excluding carboxylic acids is 1. The number of esters is 1. The van der Waals surface area contributed by atoms with Gasteiger partial charge in [-0.05, 0) is 18.6 Å². The summed E-state index contributed by atoms with van der Waals surface area (Å²) in [6.45, 7) is 1.83. The lowest BCUT2D eigenvalue weighted by Crippen LogP contribution is -2.21. The molecule has 0 aromatic heterocycles. The fourth-order valence-electron chi connectivity index (χ4n) is 2.73. The second kappa shape index (κ2) is 8.76. The van der Waals surface area contributed by atoms with Crippen LogP contribution >= 0.6 is 0 Å². The van der Waals surface area contributed by atoms with Gasteiger partial charge < -0.3 is 9.64 Å². The van der Waals surface area contributed by atoms with Crippen molar-refractivity contribution in [1.82, 2.24) is 0 Å². The number of nitrogens with zero attached hydrogens (tertiary/aromatic N) is 3. The number of benzene rings is 2. The molecule has 0 aliphatic rings. The van der Waals surface area contributed by atoms with E-state index in [1.807, 2.05) is 30.3 Å². The topological polar surface area (TPSA) is 96.5 Å². The lowest BCUT2D eigenvalue weighted by molar-refractivity contribution is -0.384. The highest BCUT2D eigenvalue weighted by atomic mass is 19.1. The summed E-state index contributed by atoms with van der Waals surface area (Å²) in [5, 5.41) is 21.0. The molecule has 2 aromatic rings. The zero-order chi connectivity index (χ0) is 20.0. The van der Waals surface area contributed by atoms with Crippen LogP contribution in [0.25, 0.3) is 0 Å². The summed E-state index contributed by atoms with van der Waals surface area (Å²) < 4.78 is 19.0. The zero-order valence-electron chi connectivity index (χ0n) is 14.9. The third-order valence-electron chi connectivity index (χ3n) is 3.90. The third-order valence-corrected chi connectivity index (χ3v) is 3.90. The number of nitriles is 1. The van der Waals surface area contributed by atoms with Gasteiger partial charge in [0.2, 0.25) is 0 Å². The summed E-state index contributed by atoms with van der Waals surface area (Å²) in [6.07, 6.45) is 0. The molecule has 2 aromatic carbocycles. The van der Waals surface area contributed by atoms with E-state index < -0.39 is 28.3 Å². The van der Waals surface area contributed by atoms with Crippen LogP contribution in [0.5, 0.6) is 0 Å². The van der Waals surface area contributed by atoms with Gasteiger partial charge in [0.05, 0.1) is 23.2 Å². The summed E-state index contributed by atoms with van der Waals surface area (Å²) >= 11 is 0. The number of nitro benzene ring substituents is 1. The van der Waals surface area contributed by atoms with E-state index in [-0.39, 0.29) is 24.4 Å². The van der Waals surface area contributed by atoms with Crippen molar-refractivity contribution < 1.29 is 18.8 Å². The van der Waals surface area contributed by atoms with E-state index >= 15 is 0 Å². The Kier molecular flexibility index (Phi) is 6.44. The van der Waals surface area contributed by atoms with Gasteiger partial charge in [0.15, 0.2) is 5.92 Å². The highest BCUT2D eigenvalue weighted by Crippen LogP contribution is 2.37. The molecule has 0 saturated heterocycles. The minimum atomic E-state index is -1.59. The maximum atomic E-state index is 14.2. The molecule has 7 nitrogen and oxygen atoms in total. The van der Waals surface area contributed by atoms with Crippen LogP contribution in [0.2, 0.25) is 0 Å². The Balaban J connectivity index is 2.55. The van der Waals surface area contributed by atoms with E-state index in [0.29, 0.717) is 0 Å². The minimum Gasteiger partial charge on any atom is -0.465 e. The predicted molar refractivity (Wildman–Crippen MR) is 96.6 cm³/mol. The molecule has 0 heterocycles. The monoisotopic (exact) mass is 371 g/mol. The highest BCUT2D eigenvalue weighted by Gasteiger charge is 2.33. The molecule has 2 rings (SSSR count). The van der Waals surface area contributed by atoms with Crippen LogP contribution in [-0.2, 0) is 16.1 Å². The van der Waals surface area contributed by atoms with E-state index in [4.69, 9.17) is 4.74 Å².